The molecule has 0 saturated carbocycles. The van der Waals surface area contributed by atoms with Gasteiger partial charge in [-0.15, -0.1) is 0 Å². The predicted octanol–water partition coefficient (Wildman–Crippen LogP) is 2.35. The number of fused-ring (bicyclic) bond motifs is 1. The largest absolute Gasteiger partial charge is 0.386 e. The summed E-state index contributed by atoms with van der Waals surface area (Å²) in [7, 11) is -3.40. The molecule has 0 spiro atoms. The van der Waals surface area contributed by atoms with E-state index in [0.717, 1.165) is 9.88 Å². The number of rotatable bonds is 1. The van der Waals surface area contributed by atoms with Crippen LogP contribution in [0.3, 0.4) is 0 Å². The molecule has 0 fully saturated rings. The van der Waals surface area contributed by atoms with Crippen LogP contribution >= 0.6 is 15.9 Å². The summed E-state index contributed by atoms with van der Waals surface area (Å²) in [6, 6.07) is 4.94. The lowest BCUT2D eigenvalue weighted by atomic mass is 9.93. The molecule has 1 N–H and O–H groups in total. The van der Waals surface area contributed by atoms with Crippen molar-refractivity contribution in [3.05, 3.63) is 33.6 Å². The zero-order valence-corrected chi connectivity index (χ0v) is 11.3. The standard InChI is InChI=1S/C11H11BrO3S/c1-11(2,13)9-6-16(14,15)10-4-3-7(12)5-8(9)10/h3-6,13H,1-2H3. The van der Waals surface area contributed by atoms with Crippen LogP contribution in [0.15, 0.2) is 33.0 Å². The third-order valence-electron chi connectivity index (χ3n) is 2.47. The minimum atomic E-state index is -3.40. The first-order chi connectivity index (χ1) is 7.22. The van der Waals surface area contributed by atoms with E-state index in [0.29, 0.717) is 11.1 Å². The Hall–Kier alpha value is -0.650. The van der Waals surface area contributed by atoms with Crippen molar-refractivity contribution in [2.45, 2.75) is 24.3 Å². The second kappa shape index (κ2) is 3.42. The molecule has 1 aliphatic heterocycles. The molecule has 1 aliphatic rings. The Morgan fingerprint density at radius 2 is 1.94 bits per heavy atom. The van der Waals surface area contributed by atoms with E-state index >= 15 is 0 Å². The van der Waals surface area contributed by atoms with Gasteiger partial charge in [-0.2, -0.15) is 0 Å². The van der Waals surface area contributed by atoms with Crippen molar-refractivity contribution < 1.29 is 13.5 Å². The fourth-order valence-electron chi connectivity index (χ4n) is 1.72. The monoisotopic (exact) mass is 302 g/mol. The lowest BCUT2D eigenvalue weighted by Gasteiger charge is -2.19. The van der Waals surface area contributed by atoms with Gasteiger partial charge in [0.05, 0.1) is 10.5 Å². The summed E-state index contributed by atoms with van der Waals surface area (Å²) >= 11 is 3.29. The molecule has 16 heavy (non-hydrogen) atoms. The van der Waals surface area contributed by atoms with E-state index in [1.807, 2.05) is 0 Å². The normalized spacial score (nSPS) is 18.1. The van der Waals surface area contributed by atoms with Gasteiger partial charge in [0.1, 0.15) is 0 Å². The van der Waals surface area contributed by atoms with Crippen molar-refractivity contribution in [1.82, 2.24) is 0 Å². The first-order valence-electron chi connectivity index (χ1n) is 4.71. The van der Waals surface area contributed by atoms with E-state index in [2.05, 4.69) is 15.9 Å². The zero-order chi connectivity index (χ0) is 12.1. The van der Waals surface area contributed by atoms with Crippen molar-refractivity contribution in [3.8, 4) is 0 Å². The Balaban J connectivity index is 2.77. The van der Waals surface area contributed by atoms with Gasteiger partial charge in [-0.3, -0.25) is 0 Å². The molecule has 0 aliphatic carbocycles. The molecule has 0 atom stereocenters. The molecule has 2 rings (SSSR count). The van der Waals surface area contributed by atoms with Gasteiger partial charge in [0, 0.05) is 21.0 Å². The highest BCUT2D eigenvalue weighted by Gasteiger charge is 2.34. The fourth-order valence-corrected chi connectivity index (χ4v) is 3.66. The van der Waals surface area contributed by atoms with Gasteiger partial charge < -0.3 is 5.11 Å². The predicted molar refractivity (Wildman–Crippen MR) is 65.6 cm³/mol. The van der Waals surface area contributed by atoms with Crippen LogP contribution in [0, 0.1) is 0 Å². The molecule has 0 amide bonds. The maximum absolute atomic E-state index is 11.8. The van der Waals surface area contributed by atoms with E-state index < -0.39 is 15.4 Å². The molecular formula is C11H11BrO3S. The molecule has 1 aromatic carbocycles. The van der Waals surface area contributed by atoms with Crippen LogP contribution in [-0.2, 0) is 9.84 Å². The lowest BCUT2D eigenvalue weighted by Crippen LogP contribution is -2.19. The van der Waals surface area contributed by atoms with Crippen molar-refractivity contribution in [1.29, 1.82) is 0 Å². The molecule has 0 saturated heterocycles. The Labute approximate surface area is 103 Å². The smallest absolute Gasteiger partial charge is 0.200 e. The number of halogens is 1. The highest BCUT2D eigenvalue weighted by molar-refractivity contribution is 9.10. The topological polar surface area (TPSA) is 54.4 Å². The number of aliphatic hydroxyl groups is 1. The molecule has 0 bridgehead atoms. The molecule has 1 aromatic rings. The van der Waals surface area contributed by atoms with Crippen LogP contribution in [0.25, 0.3) is 5.57 Å². The second-order valence-corrected chi connectivity index (χ2v) is 6.96. The van der Waals surface area contributed by atoms with Gasteiger partial charge in [-0.1, -0.05) is 15.9 Å². The minimum absolute atomic E-state index is 0.257. The molecule has 3 nitrogen and oxygen atoms in total. The molecule has 5 heteroatoms. The van der Waals surface area contributed by atoms with E-state index in [9.17, 15) is 13.5 Å². The maximum atomic E-state index is 11.8. The number of sulfone groups is 1. The van der Waals surface area contributed by atoms with Gasteiger partial charge >= 0.3 is 0 Å². The summed E-state index contributed by atoms with van der Waals surface area (Å²) in [6.07, 6.45) is 0. The number of benzene rings is 1. The summed E-state index contributed by atoms with van der Waals surface area (Å²) in [5.74, 6) is 0. The Kier molecular flexibility index (Phi) is 2.53. The van der Waals surface area contributed by atoms with E-state index in [1.165, 1.54) is 0 Å². The van der Waals surface area contributed by atoms with E-state index in [-0.39, 0.29) is 4.90 Å². The molecule has 86 valence electrons. The zero-order valence-electron chi connectivity index (χ0n) is 8.86. The molecule has 1 heterocycles. The van der Waals surface area contributed by atoms with Gasteiger partial charge in [-0.05, 0) is 32.0 Å². The average Bonchev–Trinajstić information content (AvgIpc) is 2.37. The van der Waals surface area contributed by atoms with Crippen molar-refractivity contribution >= 4 is 31.3 Å². The summed E-state index contributed by atoms with van der Waals surface area (Å²) in [6.45, 7) is 3.15. The highest BCUT2D eigenvalue weighted by Crippen LogP contribution is 2.40. The molecule has 0 radical (unpaired) electrons. The summed E-state index contributed by atoms with van der Waals surface area (Å²) < 4.78 is 24.4. The van der Waals surface area contributed by atoms with Crippen LogP contribution in [0.5, 0.6) is 0 Å². The van der Waals surface area contributed by atoms with Gasteiger partial charge in [0.25, 0.3) is 0 Å². The highest BCUT2D eigenvalue weighted by atomic mass is 79.9. The Bertz CT molecular complexity index is 580. The van der Waals surface area contributed by atoms with Gasteiger partial charge in [-0.25, -0.2) is 8.42 Å². The van der Waals surface area contributed by atoms with Crippen LogP contribution < -0.4 is 0 Å². The quantitative estimate of drug-likeness (QED) is 0.866. The summed E-state index contributed by atoms with van der Waals surface area (Å²) in [5, 5.41) is 11.1. The average molecular weight is 303 g/mol. The number of hydrogen-bond donors (Lipinski definition) is 1. The van der Waals surface area contributed by atoms with Crippen molar-refractivity contribution in [3.63, 3.8) is 0 Å². The minimum Gasteiger partial charge on any atom is -0.386 e. The van der Waals surface area contributed by atoms with Crippen molar-refractivity contribution in [2.24, 2.45) is 0 Å². The van der Waals surface area contributed by atoms with E-state index in [1.54, 1.807) is 32.0 Å². The maximum Gasteiger partial charge on any atom is 0.200 e. The Morgan fingerprint density at radius 1 is 1.31 bits per heavy atom. The van der Waals surface area contributed by atoms with Crippen LogP contribution in [-0.4, -0.2) is 19.1 Å². The summed E-state index contributed by atoms with van der Waals surface area (Å²) in [5.41, 5.74) is -0.162. The van der Waals surface area contributed by atoms with Crippen molar-refractivity contribution in [2.75, 3.05) is 0 Å². The van der Waals surface area contributed by atoms with E-state index in [4.69, 9.17) is 0 Å². The first kappa shape index (κ1) is 11.8. The second-order valence-electron chi connectivity index (χ2n) is 4.28. The first-order valence-corrected chi connectivity index (χ1v) is 7.05. The third-order valence-corrected chi connectivity index (χ3v) is 4.48. The van der Waals surface area contributed by atoms with Crippen LogP contribution in [0.2, 0.25) is 0 Å². The Morgan fingerprint density at radius 3 is 2.50 bits per heavy atom. The van der Waals surface area contributed by atoms with Crippen LogP contribution in [0.1, 0.15) is 19.4 Å². The molecule has 0 unspecified atom stereocenters. The van der Waals surface area contributed by atoms with Gasteiger partial charge in [0.15, 0.2) is 0 Å². The lowest BCUT2D eigenvalue weighted by molar-refractivity contribution is 0.144. The van der Waals surface area contributed by atoms with Crippen LogP contribution in [0.4, 0.5) is 0 Å². The van der Waals surface area contributed by atoms with Gasteiger partial charge in [0.2, 0.25) is 9.84 Å². The molecular weight excluding hydrogens is 292 g/mol. The SMILES string of the molecule is CC(C)(O)C1=CS(=O)(=O)c2ccc(Br)cc21. The summed E-state index contributed by atoms with van der Waals surface area (Å²) in [4.78, 5) is 0.257. The number of hydrogen-bond acceptors (Lipinski definition) is 3. The third kappa shape index (κ3) is 1.83. The molecule has 0 aromatic heterocycles. The fraction of sp³-hybridized carbons (Fsp3) is 0.273.